The van der Waals surface area contributed by atoms with Crippen molar-refractivity contribution in [3.8, 4) is 17.2 Å². The predicted molar refractivity (Wildman–Crippen MR) is 129 cm³/mol. The van der Waals surface area contributed by atoms with Crippen molar-refractivity contribution in [1.82, 2.24) is 24.5 Å². The number of hydrogen-bond donors (Lipinski definition) is 0. The molecule has 0 N–H and O–H groups in total. The summed E-state index contributed by atoms with van der Waals surface area (Å²) in [6, 6.07) is 14.1. The van der Waals surface area contributed by atoms with Gasteiger partial charge in [-0.05, 0) is 42.8 Å². The molecule has 6 rings (SSSR count). The molecule has 0 saturated carbocycles. The third-order valence-corrected chi connectivity index (χ3v) is 6.07. The van der Waals surface area contributed by atoms with E-state index in [0.29, 0.717) is 13.1 Å². The third-order valence-electron chi connectivity index (χ3n) is 6.07. The smallest absolute Gasteiger partial charge is 0.231 e. The van der Waals surface area contributed by atoms with Crippen molar-refractivity contribution in [1.29, 1.82) is 0 Å². The molecule has 4 heterocycles. The highest BCUT2D eigenvalue weighted by Gasteiger charge is 2.16. The number of allylic oxidation sites excluding steroid dienone is 1. The SMILES string of the molecule is COc1ccc2c3ccnc(C)c3n(Cc3cn(C/C=C/c4ccc5c(c4)OCO5)nn3)c2c1. The van der Waals surface area contributed by atoms with Crippen molar-refractivity contribution >= 4 is 27.9 Å². The summed E-state index contributed by atoms with van der Waals surface area (Å²) in [5.41, 5.74) is 5.09. The molecule has 8 nitrogen and oxygen atoms in total. The Morgan fingerprint density at radius 1 is 1.06 bits per heavy atom. The number of hydrogen-bond acceptors (Lipinski definition) is 6. The van der Waals surface area contributed by atoms with Gasteiger partial charge < -0.3 is 18.8 Å². The maximum atomic E-state index is 5.48. The first-order valence-corrected chi connectivity index (χ1v) is 11.1. The zero-order valence-corrected chi connectivity index (χ0v) is 18.9. The van der Waals surface area contributed by atoms with Gasteiger partial charge >= 0.3 is 0 Å². The van der Waals surface area contributed by atoms with Gasteiger partial charge in [0.25, 0.3) is 0 Å². The molecule has 0 atom stereocenters. The highest BCUT2D eigenvalue weighted by molar-refractivity contribution is 6.09. The highest BCUT2D eigenvalue weighted by atomic mass is 16.7. The van der Waals surface area contributed by atoms with Crippen LogP contribution in [0, 0.1) is 6.92 Å². The lowest BCUT2D eigenvalue weighted by atomic mass is 10.1. The Bertz CT molecular complexity index is 1550. The van der Waals surface area contributed by atoms with Crippen LogP contribution in [0.1, 0.15) is 17.0 Å². The first kappa shape index (κ1) is 20.3. The third kappa shape index (κ3) is 3.53. The molecule has 8 heteroatoms. The lowest BCUT2D eigenvalue weighted by Crippen LogP contribution is -2.02. The van der Waals surface area contributed by atoms with Crippen molar-refractivity contribution in [2.24, 2.45) is 0 Å². The van der Waals surface area contributed by atoms with E-state index in [1.165, 1.54) is 10.8 Å². The molecule has 0 amide bonds. The minimum Gasteiger partial charge on any atom is -0.497 e. The molecule has 0 unspecified atom stereocenters. The van der Waals surface area contributed by atoms with Crippen molar-refractivity contribution in [2.45, 2.75) is 20.0 Å². The number of pyridine rings is 1. The Balaban J connectivity index is 1.27. The molecule has 5 aromatic rings. The second-order valence-corrected chi connectivity index (χ2v) is 8.21. The monoisotopic (exact) mass is 453 g/mol. The Labute approximate surface area is 196 Å². The van der Waals surface area contributed by atoms with Crippen LogP contribution in [0.5, 0.6) is 17.2 Å². The highest BCUT2D eigenvalue weighted by Crippen LogP contribution is 2.34. The fraction of sp³-hybridized carbons (Fsp3) is 0.192. The molecule has 3 aromatic heterocycles. The summed E-state index contributed by atoms with van der Waals surface area (Å²) in [6.07, 6.45) is 7.93. The zero-order valence-electron chi connectivity index (χ0n) is 18.9. The number of aryl methyl sites for hydroxylation is 1. The molecule has 0 spiro atoms. The van der Waals surface area contributed by atoms with Gasteiger partial charge in [-0.25, -0.2) is 4.68 Å². The lowest BCUT2D eigenvalue weighted by molar-refractivity contribution is 0.174. The summed E-state index contributed by atoms with van der Waals surface area (Å²) < 4.78 is 20.4. The molecule has 34 heavy (non-hydrogen) atoms. The largest absolute Gasteiger partial charge is 0.497 e. The van der Waals surface area contributed by atoms with E-state index in [1.54, 1.807) is 7.11 Å². The average molecular weight is 454 g/mol. The zero-order chi connectivity index (χ0) is 23.1. The number of rotatable bonds is 6. The van der Waals surface area contributed by atoms with Crippen molar-refractivity contribution in [2.75, 3.05) is 13.9 Å². The van der Waals surface area contributed by atoms with E-state index in [0.717, 1.165) is 45.2 Å². The van der Waals surface area contributed by atoms with Gasteiger partial charge in [0.15, 0.2) is 11.5 Å². The van der Waals surface area contributed by atoms with Crippen LogP contribution in [0.4, 0.5) is 0 Å². The van der Waals surface area contributed by atoms with Gasteiger partial charge in [0.2, 0.25) is 6.79 Å². The maximum Gasteiger partial charge on any atom is 0.231 e. The number of nitrogens with zero attached hydrogens (tertiary/aromatic N) is 5. The van der Waals surface area contributed by atoms with Gasteiger partial charge in [-0.2, -0.15) is 0 Å². The predicted octanol–water partition coefficient (Wildman–Crippen LogP) is 4.59. The molecular weight excluding hydrogens is 430 g/mol. The second kappa shape index (κ2) is 8.22. The quantitative estimate of drug-likeness (QED) is 0.374. The first-order valence-electron chi connectivity index (χ1n) is 11.1. The molecule has 1 aliphatic heterocycles. The Morgan fingerprint density at radius 3 is 2.88 bits per heavy atom. The molecule has 0 aliphatic carbocycles. The summed E-state index contributed by atoms with van der Waals surface area (Å²) >= 11 is 0. The van der Waals surface area contributed by atoms with Crippen LogP contribution >= 0.6 is 0 Å². The van der Waals surface area contributed by atoms with Gasteiger partial charge in [0.05, 0.1) is 43.1 Å². The fourth-order valence-corrected chi connectivity index (χ4v) is 4.47. The molecule has 2 aromatic carbocycles. The Kier molecular flexibility index (Phi) is 4.91. The molecule has 170 valence electrons. The van der Waals surface area contributed by atoms with Crippen LogP contribution in [0.2, 0.25) is 0 Å². The number of benzene rings is 2. The van der Waals surface area contributed by atoms with Crippen LogP contribution in [-0.4, -0.2) is 38.4 Å². The van der Waals surface area contributed by atoms with E-state index in [2.05, 4.69) is 44.1 Å². The van der Waals surface area contributed by atoms with Gasteiger partial charge in [0, 0.05) is 23.0 Å². The van der Waals surface area contributed by atoms with Gasteiger partial charge in [-0.1, -0.05) is 23.4 Å². The summed E-state index contributed by atoms with van der Waals surface area (Å²) in [5, 5.41) is 11.1. The molecule has 0 radical (unpaired) electrons. The van der Waals surface area contributed by atoms with E-state index in [1.807, 2.05) is 54.3 Å². The van der Waals surface area contributed by atoms with Crippen LogP contribution in [-0.2, 0) is 13.1 Å². The topological polar surface area (TPSA) is 76.2 Å². The van der Waals surface area contributed by atoms with Crippen LogP contribution in [0.25, 0.3) is 27.9 Å². The summed E-state index contributed by atoms with van der Waals surface area (Å²) in [5.74, 6) is 2.38. The Morgan fingerprint density at radius 2 is 1.97 bits per heavy atom. The normalized spacial score (nSPS) is 12.9. The van der Waals surface area contributed by atoms with Gasteiger partial charge in [-0.3, -0.25) is 4.98 Å². The van der Waals surface area contributed by atoms with Crippen LogP contribution < -0.4 is 14.2 Å². The summed E-state index contributed by atoms with van der Waals surface area (Å²) in [7, 11) is 1.68. The van der Waals surface area contributed by atoms with Crippen molar-refractivity contribution in [3.05, 3.63) is 77.9 Å². The van der Waals surface area contributed by atoms with Crippen molar-refractivity contribution < 1.29 is 14.2 Å². The van der Waals surface area contributed by atoms with Crippen molar-refractivity contribution in [3.63, 3.8) is 0 Å². The average Bonchev–Trinajstić information content (AvgIpc) is 3.58. The summed E-state index contributed by atoms with van der Waals surface area (Å²) in [4.78, 5) is 4.52. The van der Waals surface area contributed by atoms with E-state index in [-0.39, 0.29) is 6.79 Å². The Hall–Kier alpha value is -4.33. The summed E-state index contributed by atoms with van der Waals surface area (Å²) in [6.45, 7) is 3.51. The minimum absolute atomic E-state index is 0.276. The fourth-order valence-electron chi connectivity index (χ4n) is 4.47. The molecule has 1 aliphatic rings. The molecule has 0 bridgehead atoms. The number of aromatic nitrogens is 5. The van der Waals surface area contributed by atoms with E-state index in [4.69, 9.17) is 14.2 Å². The van der Waals surface area contributed by atoms with Crippen LogP contribution in [0.3, 0.4) is 0 Å². The standard InChI is InChI=1S/C26H23N5O3/c1-17-26-22(9-10-27-17)21-7-6-20(32-2)13-23(21)31(26)15-19-14-30(29-28-19)11-3-4-18-5-8-24-25(12-18)34-16-33-24/h3-10,12-14H,11,15-16H2,1-2H3/b4-3+. The maximum absolute atomic E-state index is 5.48. The lowest BCUT2D eigenvalue weighted by Gasteiger charge is -2.07. The van der Waals surface area contributed by atoms with E-state index < -0.39 is 0 Å². The van der Waals surface area contributed by atoms with E-state index >= 15 is 0 Å². The van der Waals surface area contributed by atoms with Gasteiger partial charge in [-0.15, -0.1) is 5.10 Å². The van der Waals surface area contributed by atoms with Crippen LogP contribution in [0.15, 0.2) is 60.9 Å². The number of ether oxygens (including phenoxy) is 3. The molecule has 0 fully saturated rings. The number of fused-ring (bicyclic) bond motifs is 4. The minimum atomic E-state index is 0.276. The molecule has 0 saturated heterocycles. The molecular formula is C26H23N5O3. The van der Waals surface area contributed by atoms with Gasteiger partial charge in [0.1, 0.15) is 11.4 Å². The number of methoxy groups -OCH3 is 1. The second-order valence-electron chi connectivity index (χ2n) is 8.21. The van der Waals surface area contributed by atoms with E-state index in [9.17, 15) is 0 Å². The first-order chi connectivity index (χ1) is 16.7.